The van der Waals surface area contributed by atoms with Gasteiger partial charge in [-0.2, -0.15) is 8.42 Å². The molecule has 0 saturated heterocycles. The van der Waals surface area contributed by atoms with Crippen LogP contribution in [0.2, 0.25) is 0 Å². The van der Waals surface area contributed by atoms with Crippen LogP contribution in [0.1, 0.15) is 0 Å². The molecule has 16 heteroatoms. The van der Waals surface area contributed by atoms with Gasteiger partial charge in [-0.15, -0.1) is 11.4 Å². The molecule has 0 spiro atoms. The molecule has 12 nitrogen and oxygen atoms in total. The van der Waals surface area contributed by atoms with Crippen LogP contribution in [0.15, 0.2) is 0 Å². The molecule has 0 aromatic rings. The maximum atomic E-state index is 8.44. The second kappa shape index (κ2) is 129. The third-order valence-electron chi connectivity index (χ3n) is 0. The van der Waals surface area contributed by atoms with Crippen LogP contribution in [-0.2, 0) is 22.9 Å². The van der Waals surface area contributed by atoms with E-state index in [1.807, 2.05) is 0 Å². The van der Waals surface area contributed by atoms with E-state index in [1.165, 1.54) is 0 Å². The van der Waals surface area contributed by atoms with Crippen LogP contribution in [0.4, 0.5) is 0 Å². The summed E-state index contributed by atoms with van der Waals surface area (Å²) in [6, 6.07) is 0. The Morgan fingerprint density at radius 3 is 0.688 bits per heavy atom. The molecule has 0 atom stereocenters. The van der Waals surface area contributed by atoms with E-state index in [2.05, 4.69) is 0 Å². The van der Waals surface area contributed by atoms with Gasteiger partial charge in [-0.05, 0) is 0 Å². The topological polar surface area (TPSA) is 318 Å². The maximum Gasteiger partial charge on any atom is 1.00 e. The number of hydrogen-bond acceptors (Lipinski definition) is 5. The van der Waals surface area contributed by atoms with Crippen LogP contribution in [0.25, 0.3) is 0 Å². The number of hydrogen-bond donors (Lipinski definition) is 0. The molecule has 0 saturated carbocycles. The molecule has 0 aliphatic carbocycles. The predicted molar refractivity (Wildman–Crippen MR) is 43.9 cm³/mol. The zero-order chi connectivity index (χ0) is 6.28. The van der Waals surface area contributed by atoms with Crippen molar-refractivity contribution in [2.75, 3.05) is 0 Å². The van der Waals surface area contributed by atoms with Gasteiger partial charge in [0.15, 0.2) is 0 Å². The SMILES string of the molecule is O.O.O.O.O.O.O.O=S([O-])[O-].O=S=O.[Na+].[Na+]. The van der Waals surface area contributed by atoms with Crippen LogP contribution in [0.5, 0.6) is 0 Å². The van der Waals surface area contributed by atoms with E-state index in [-0.39, 0.29) is 97.4 Å². The van der Waals surface area contributed by atoms with Crippen molar-refractivity contribution in [1.29, 1.82) is 0 Å². The van der Waals surface area contributed by atoms with Gasteiger partial charge in [0.1, 0.15) is 0 Å². The summed E-state index contributed by atoms with van der Waals surface area (Å²) in [4.78, 5) is 0. The van der Waals surface area contributed by atoms with Gasteiger partial charge in [-0.3, -0.25) is 4.21 Å². The van der Waals surface area contributed by atoms with Crippen molar-refractivity contribution in [2.45, 2.75) is 0 Å². The molecule has 0 aliphatic rings. The Balaban J connectivity index is -0.00000000224. The van der Waals surface area contributed by atoms with E-state index >= 15 is 0 Å². The minimum Gasteiger partial charge on any atom is -0.784 e. The summed E-state index contributed by atoms with van der Waals surface area (Å²) in [5, 5.41) is 0. The van der Waals surface area contributed by atoms with Crippen LogP contribution in [-0.4, -0.2) is 60.1 Å². The molecule has 0 bridgehead atoms. The average Bonchev–Trinajstić information content (AvgIpc) is 1.33. The maximum absolute atomic E-state index is 8.44. The first-order valence-corrected chi connectivity index (χ1v) is 2.50. The van der Waals surface area contributed by atoms with Gasteiger partial charge in [0.25, 0.3) is 0 Å². The van der Waals surface area contributed by atoms with E-state index < -0.39 is 22.9 Å². The first kappa shape index (κ1) is 111. The summed E-state index contributed by atoms with van der Waals surface area (Å²) in [5.74, 6) is 0. The summed E-state index contributed by atoms with van der Waals surface area (Å²) in [6.45, 7) is 0. The van der Waals surface area contributed by atoms with Gasteiger partial charge < -0.3 is 47.4 Å². The third kappa shape index (κ3) is 1290. The normalized spacial score (nSPS) is 2.94. The fourth-order valence-corrected chi connectivity index (χ4v) is 0. The summed E-state index contributed by atoms with van der Waals surface area (Å²) in [5.41, 5.74) is 0. The Bertz CT molecular complexity index is 85.0. The molecule has 0 heterocycles. The van der Waals surface area contributed by atoms with Crippen LogP contribution in [0.3, 0.4) is 0 Å². The monoisotopic (exact) mass is 316 g/mol. The molecule has 100 valence electrons. The average molecular weight is 316 g/mol. The molecule has 14 N–H and O–H groups in total. The Morgan fingerprint density at radius 2 is 0.688 bits per heavy atom. The van der Waals surface area contributed by atoms with Crippen LogP contribution >= 0.6 is 0 Å². The fraction of sp³-hybridized carbons (Fsp3) is 0. The molecule has 0 amide bonds. The first-order valence-electron chi connectivity index (χ1n) is 0.833. The first-order chi connectivity index (χ1) is 3.15. The van der Waals surface area contributed by atoms with Gasteiger partial charge in [0, 0.05) is 0 Å². The molecule has 0 fully saturated rings. The second-order valence-electron chi connectivity index (χ2n) is 0.272. The molecule has 0 radical (unpaired) electrons. The van der Waals surface area contributed by atoms with Crippen molar-refractivity contribution in [3.63, 3.8) is 0 Å². The van der Waals surface area contributed by atoms with Crippen molar-refractivity contribution in [3.8, 4) is 0 Å². The molecule has 0 unspecified atom stereocenters. The molecule has 0 aromatic heterocycles. The minimum absolute atomic E-state index is 0. The van der Waals surface area contributed by atoms with E-state index in [0.717, 1.165) is 0 Å². The number of rotatable bonds is 0. The van der Waals surface area contributed by atoms with Crippen molar-refractivity contribution in [1.82, 2.24) is 0 Å². The second-order valence-corrected chi connectivity index (χ2v) is 0.816. The molecular formula is H14Na2O12S2. The molecule has 0 aromatic carbocycles. The Kier molecular flexibility index (Phi) is 894. The predicted octanol–water partition coefficient (Wildman–Crippen LogP) is -13.4. The van der Waals surface area contributed by atoms with Crippen LogP contribution in [0, 0.1) is 0 Å². The van der Waals surface area contributed by atoms with Crippen molar-refractivity contribution in [3.05, 3.63) is 0 Å². The summed E-state index contributed by atoms with van der Waals surface area (Å²) < 4.78 is 41.9. The van der Waals surface area contributed by atoms with E-state index in [0.29, 0.717) is 0 Å². The van der Waals surface area contributed by atoms with Gasteiger partial charge in [-0.1, -0.05) is 0 Å². The quantitative estimate of drug-likeness (QED) is 0.309. The molecular weight excluding hydrogens is 302 g/mol. The Morgan fingerprint density at radius 1 is 0.688 bits per heavy atom. The van der Waals surface area contributed by atoms with E-state index in [9.17, 15) is 0 Å². The van der Waals surface area contributed by atoms with Crippen molar-refractivity contribution >= 4 is 22.9 Å². The van der Waals surface area contributed by atoms with E-state index in [1.54, 1.807) is 0 Å². The summed E-state index contributed by atoms with van der Waals surface area (Å²) in [6.07, 6.45) is 0. The zero-order valence-electron chi connectivity index (χ0n) is 8.36. The van der Waals surface area contributed by atoms with Gasteiger partial charge in [0.05, 0.1) is 0 Å². The largest absolute Gasteiger partial charge is 1.00 e. The summed E-state index contributed by atoms with van der Waals surface area (Å²) in [7, 11) is 0. The fourth-order valence-electron chi connectivity index (χ4n) is 0. The molecule has 16 heavy (non-hydrogen) atoms. The van der Waals surface area contributed by atoms with Gasteiger partial charge in [-0.25, -0.2) is 0 Å². The standard InChI is InChI=1S/2Na.H2O3S.O2S.7H2O/c;;1-4(2)3;1-3-2;;;;;;;/h;;(H2,1,2,3);;7*1H2/q2*+1;;;;;;;;;/p-2. The third-order valence-corrected chi connectivity index (χ3v) is 0. The van der Waals surface area contributed by atoms with E-state index in [4.69, 9.17) is 21.7 Å². The summed E-state index contributed by atoms with van der Waals surface area (Å²) >= 11 is -3.86. The molecule has 0 aliphatic heterocycles. The minimum atomic E-state index is -3.11. The van der Waals surface area contributed by atoms with Gasteiger partial charge >= 0.3 is 70.7 Å². The zero-order valence-corrected chi connectivity index (χ0v) is 14.0. The van der Waals surface area contributed by atoms with Gasteiger partial charge in [0.2, 0.25) is 0 Å². The smallest absolute Gasteiger partial charge is 0.784 e. The van der Waals surface area contributed by atoms with Crippen molar-refractivity contribution in [2.24, 2.45) is 0 Å². The van der Waals surface area contributed by atoms with Crippen LogP contribution < -0.4 is 59.1 Å². The Hall–Kier alpha value is 1.61. The van der Waals surface area contributed by atoms with Crippen molar-refractivity contribution < 1.29 is 119 Å². The molecule has 0 rings (SSSR count). The Labute approximate surface area is 141 Å².